The van der Waals surface area contributed by atoms with Crippen molar-refractivity contribution >= 4 is 12.1 Å². The summed E-state index contributed by atoms with van der Waals surface area (Å²) in [5.41, 5.74) is 0.497. The molecule has 0 aliphatic carbocycles. The Bertz CT molecular complexity index is 670. The Morgan fingerprint density at radius 3 is 2.59 bits per heavy atom. The fourth-order valence-corrected chi connectivity index (χ4v) is 3.06. The fourth-order valence-electron chi connectivity index (χ4n) is 3.06. The van der Waals surface area contributed by atoms with E-state index in [0.717, 1.165) is 56.4 Å². The van der Waals surface area contributed by atoms with Gasteiger partial charge in [0.1, 0.15) is 12.1 Å². The van der Waals surface area contributed by atoms with E-state index < -0.39 is 5.60 Å². The van der Waals surface area contributed by atoms with E-state index in [0.29, 0.717) is 18.4 Å². The van der Waals surface area contributed by atoms with Gasteiger partial charge in [-0.3, -0.25) is 0 Å². The molecule has 2 N–H and O–H groups in total. The summed E-state index contributed by atoms with van der Waals surface area (Å²) in [4.78, 5) is 18.6. The van der Waals surface area contributed by atoms with Crippen molar-refractivity contribution in [3.63, 3.8) is 0 Å². The molecule has 1 aromatic rings. The molecule has 1 saturated heterocycles. The van der Waals surface area contributed by atoms with E-state index in [1.807, 2.05) is 33.8 Å². The number of likely N-dealkylation sites (tertiary alicyclic amines) is 1. The Labute approximate surface area is 174 Å². The molecule has 0 spiro atoms. The van der Waals surface area contributed by atoms with Crippen LogP contribution in [0, 0.1) is 5.92 Å². The first-order chi connectivity index (χ1) is 13.7. The molecule has 1 amide bonds. The maximum Gasteiger partial charge on any atom is 0.410 e. The van der Waals surface area contributed by atoms with Gasteiger partial charge in [-0.15, -0.1) is 0 Å². The average Bonchev–Trinajstić information content (AvgIpc) is 3.12. The third-order valence-corrected chi connectivity index (χ3v) is 4.73. The monoisotopic (exact) mass is 407 g/mol. The smallest absolute Gasteiger partial charge is 0.410 e. The predicted molar refractivity (Wildman–Crippen MR) is 114 cm³/mol. The first kappa shape index (κ1) is 23.0. The van der Waals surface area contributed by atoms with Gasteiger partial charge in [-0.2, -0.15) is 0 Å². The van der Waals surface area contributed by atoms with Crippen LogP contribution < -0.4 is 10.6 Å². The zero-order valence-corrected chi connectivity index (χ0v) is 18.7. The average molecular weight is 408 g/mol. The molecule has 164 valence electrons. The zero-order valence-electron chi connectivity index (χ0n) is 18.7. The molecule has 0 unspecified atom stereocenters. The van der Waals surface area contributed by atoms with Crippen LogP contribution in [-0.4, -0.2) is 53.9 Å². The van der Waals surface area contributed by atoms with Crippen molar-refractivity contribution < 1.29 is 14.1 Å². The minimum absolute atomic E-state index is 0.216. The van der Waals surface area contributed by atoms with Gasteiger partial charge >= 0.3 is 6.09 Å². The maximum atomic E-state index is 12.2. The quantitative estimate of drug-likeness (QED) is 0.554. The molecule has 1 aliphatic heterocycles. The van der Waals surface area contributed by atoms with Gasteiger partial charge in [-0.25, -0.2) is 9.79 Å². The Hall–Kier alpha value is -2.25. The molecule has 1 aliphatic rings. The van der Waals surface area contributed by atoms with Gasteiger partial charge in [0, 0.05) is 32.2 Å². The lowest BCUT2D eigenvalue weighted by atomic mass is 9.97. The van der Waals surface area contributed by atoms with Crippen molar-refractivity contribution in [2.45, 2.75) is 72.4 Å². The van der Waals surface area contributed by atoms with Gasteiger partial charge < -0.3 is 24.8 Å². The molecule has 8 nitrogen and oxygen atoms in total. The summed E-state index contributed by atoms with van der Waals surface area (Å²) < 4.78 is 10.8. The number of piperidine rings is 1. The van der Waals surface area contributed by atoms with Gasteiger partial charge in [0.2, 0.25) is 0 Å². The number of aliphatic imine (C=N–C) groups is 1. The van der Waals surface area contributed by atoms with Crippen LogP contribution in [0.3, 0.4) is 0 Å². The van der Waals surface area contributed by atoms with Gasteiger partial charge in [-0.1, -0.05) is 19.0 Å². The van der Waals surface area contributed by atoms with Crippen molar-refractivity contribution in [2.24, 2.45) is 10.9 Å². The number of aromatic nitrogens is 1. The van der Waals surface area contributed by atoms with Crippen LogP contribution in [0.5, 0.6) is 0 Å². The highest BCUT2D eigenvalue weighted by atomic mass is 16.6. The maximum absolute atomic E-state index is 12.2. The molecule has 0 bridgehead atoms. The molecule has 29 heavy (non-hydrogen) atoms. The molecule has 2 heterocycles. The van der Waals surface area contributed by atoms with Crippen LogP contribution in [0.15, 0.2) is 15.6 Å². The summed E-state index contributed by atoms with van der Waals surface area (Å²) >= 11 is 0. The molecule has 2 rings (SSSR count). The first-order valence-electron chi connectivity index (χ1n) is 10.6. The zero-order chi connectivity index (χ0) is 21.4. The van der Waals surface area contributed by atoms with E-state index in [1.165, 1.54) is 0 Å². The lowest BCUT2D eigenvalue weighted by Crippen LogP contribution is -2.45. The van der Waals surface area contributed by atoms with E-state index in [9.17, 15) is 4.79 Å². The minimum Gasteiger partial charge on any atom is -0.444 e. The number of amides is 1. The first-order valence-corrected chi connectivity index (χ1v) is 10.6. The van der Waals surface area contributed by atoms with Crippen LogP contribution in [0.4, 0.5) is 4.79 Å². The summed E-state index contributed by atoms with van der Waals surface area (Å²) in [6.07, 6.45) is 1.68. The molecular formula is C21H37N5O3. The number of nitrogens with one attached hydrogen (secondary N) is 2. The number of carbonyl (C=O) groups excluding carboxylic acids is 1. The van der Waals surface area contributed by atoms with Crippen LogP contribution in [0.1, 0.15) is 71.8 Å². The molecule has 1 aromatic heterocycles. The molecule has 1 fully saturated rings. The number of hydrogen-bond acceptors (Lipinski definition) is 5. The Balaban J connectivity index is 1.79. The number of nitrogens with zero attached hydrogens (tertiary/aromatic N) is 3. The second-order valence-electron chi connectivity index (χ2n) is 8.86. The third-order valence-electron chi connectivity index (χ3n) is 4.73. The highest BCUT2D eigenvalue weighted by molar-refractivity contribution is 5.79. The van der Waals surface area contributed by atoms with Crippen LogP contribution >= 0.6 is 0 Å². The molecule has 0 aromatic carbocycles. The number of ether oxygens (including phenoxy) is 1. The van der Waals surface area contributed by atoms with Crippen molar-refractivity contribution in [3.05, 3.63) is 17.5 Å². The molecule has 0 atom stereocenters. The van der Waals surface area contributed by atoms with Gasteiger partial charge in [0.15, 0.2) is 11.7 Å². The van der Waals surface area contributed by atoms with Crippen LogP contribution in [-0.2, 0) is 11.3 Å². The second-order valence-corrected chi connectivity index (χ2v) is 8.86. The van der Waals surface area contributed by atoms with Gasteiger partial charge in [0.25, 0.3) is 0 Å². The van der Waals surface area contributed by atoms with Crippen molar-refractivity contribution in [2.75, 3.05) is 26.2 Å². The molecule has 8 heteroatoms. The molecule has 0 saturated carbocycles. The van der Waals surface area contributed by atoms with E-state index in [-0.39, 0.29) is 6.09 Å². The highest BCUT2D eigenvalue weighted by Crippen LogP contribution is 2.19. The van der Waals surface area contributed by atoms with Gasteiger partial charge in [-0.05, 0) is 52.4 Å². The van der Waals surface area contributed by atoms with E-state index in [1.54, 1.807) is 4.90 Å². The third kappa shape index (κ3) is 7.95. The Morgan fingerprint density at radius 1 is 1.34 bits per heavy atom. The largest absolute Gasteiger partial charge is 0.444 e. The summed E-state index contributed by atoms with van der Waals surface area (Å²) in [5, 5.41) is 10.8. The van der Waals surface area contributed by atoms with E-state index >= 15 is 0 Å². The standard InChI is InChI=1S/C21H37N5O3/c1-7-22-19(24-14-17-12-18(15(2)3)25-29-17)23-13-16-8-10-26(11-9-16)20(27)28-21(4,5)6/h12,15-16H,7-11,13-14H2,1-6H3,(H2,22,23,24). The number of rotatable bonds is 6. The number of carbonyl (C=O) groups is 1. The fraction of sp³-hybridized carbons (Fsp3) is 0.762. The topological polar surface area (TPSA) is 92.0 Å². The van der Waals surface area contributed by atoms with Gasteiger partial charge in [0.05, 0.1) is 5.69 Å². The normalized spacial score (nSPS) is 16.2. The number of hydrogen-bond donors (Lipinski definition) is 2. The lowest BCUT2D eigenvalue weighted by Gasteiger charge is -2.33. The minimum atomic E-state index is -0.452. The molecular weight excluding hydrogens is 370 g/mol. The van der Waals surface area contributed by atoms with Crippen molar-refractivity contribution in [1.29, 1.82) is 0 Å². The van der Waals surface area contributed by atoms with E-state index in [4.69, 9.17) is 9.26 Å². The number of guanidine groups is 1. The highest BCUT2D eigenvalue weighted by Gasteiger charge is 2.26. The van der Waals surface area contributed by atoms with Crippen molar-refractivity contribution in [1.82, 2.24) is 20.7 Å². The van der Waals surface area contributed by atoms with E-state index in [2.05, 4.69) is 34.6 Å². The van der Waals surface area contributed by atoms with Crippen LogP contribution in [0.25, 0.3) is 0 Å². The Morgan fingerprint density at radius 2 is 2.03 bits per heavy atom. The predicted octanol–water partition coefficient (Wildman–Crippen LogP) is 3.50. The van der Waals surface area contributed by atoms with Crippen LogP contribution in [0.2, 0.25) is 0 Å². The Kier molecular flexibility index (Phi) is 8.34. The van der Waals surface area contributed by atoms with Crippen molar-refractivity contribution in [3.8, 4) is 0 Å². The lowest BCUT2D eigenvalue weighted by molar-refractivity contribution is 0.0185. The SMILES string of the molecule is CCNC(=NCc1cc(C(C)C)no1)NCC1CCN(C(=O)OC(C)(C)C)CC1. The summed E-state index contributed by atoms with van der Waals surface area (Å²) in [6.45, 7) is 15.4. The summed E-state index contributed by atoms with van der Waals surface area (Å²) in [6, 6.07) is 1.96. The summed E-state index contributed by atoms with van der Waals surface area (Å²) in [5.74, 6) is 2.37. The second kappa shape index (κ2) is 10.5. The molecule has 0 radical (unpaired) electrons. The summed E-state index contributed by atoms with van der Waals surface area (Å²) in [7, 11) is 0.